The van der Waals surface area contributed by atoms with E-state index in [1.165, 1.54) is 19.3 Å². The molecular formula is C25H28ClNO2S. The van der Waals surface area contributed by atoms with E-state index < -0.39 is 6.10 Å². The Labute approximate surface area is 187 Å². The Hall–Kier alpha value is -1.62. The van der Waals surface area contributed by atoms with Crippen LogP contribution in [0.25, 0.3) is 21.3 Å². The highest BCUT2D eigenvalue weighted by Gasteiger charge is 2.35. The van der Waals surface area contributed by atoms with Gasteiger partial charge in [0.1, 0.15) is 5.75 Å². The predicted octanol–water partition coefficient (Wildman–Crippen LogP) is 7.33. The molecule has 2 aliphatic carbocycles. The fourth-order valence-electron chi connectivity index (χ4n) is 5.33. The Morgan fingerprint density at radius 3 is 2.67 bits per heavy atom. The van der Waals surface area contributed by atoms with Crippen LogP contribution in [-0.2, 0) is 0 Å². The maximum atomic E-state index is 10.3. The fourth-order valence-corrected chi connectivity index (χ4v) is 6.82. The summed E-state index contributed by atoms with van der Waals surface area (Å²) in [5.41, 5.74) is 4.11. The van der Waals surface area contributed by atoms with Gasteiger partial charge in [-0.1, -0.05) is 31.4 Å². The Kier molecular flexibility index (Phi) is 5.51. The van der Waals surface area contributed by atoms with E-state index >= 15 is 0 Å². The molecule has 2 bridgehead atoms. The van der Waals surface area contributed by atoms with E-state index in [1.807, 2.05) is 37.4 Å². The maximum absolute atomic E-state index is 10.3. The zero-order valence-electron chi connectivity index (χ0n) is 17.5. The topological polar surface area (TPSA) is 42.4 Å². The summed E-state index contributed by atoms with van der Waals surface area (Å²) >= 11 is 8.11. The molecule has 0 radical (unpaired) electrons. The second-order valence-electron chi connectivity index (χ2n) is 9.00. The Morgan fingerprint density at radius 2 is 1.93 bits per heavy atom. The number of ether oxygens (including phenoxy) is 1. The molecule has 30 heavy (non-hydrogen) atoms. The minimum absolute atomic E-state index is 0.285. The van der Waals surface area contributed by atoms with Gasteiger partial charge >= 0.3 is 0 Å². The van der Waals surface area contributed by atoms with Crippen LogP contribution in [-0.4, -0.2) is 16.2 Å². The molecule has 2 unspecified atom stereocenters. The van der Waals surface area contributed by atoms with E-state index in [9.17, 15) is 5.11 Å². The van der Waals surface area contributed by atoms with Gasteiger partial charge in [-0.25, -0.2) is 0 Å². The van der Waals surface area contributed by atoms with Crippen molar-refractivity contribution in [2.24, 2.45) is 11.8 Å². The Balaban J connectivity index is 1.58. The van der Waals surface area contributed by atoms with E-state index in [0.717, 1.165) is 62.2 Å². The van der Waals surface area contributed by atoms with E-state index in [4.69, 9.17) is 16.3 Å². The van der Waals surface area contributed by atoms with Gasteiger partial charge in [-0.2, -0.15) is 0 Å². The summed E-state index contributed by atoms with van der Waals surface area (Å²) in [6, 6.07) is 8.07. The van der Waals surface area contributed by atoms with Crippen LogP contribution in [0.15, 0.2) is 30.5 Å². The smallest absolute Gasteiger partial charge is 0.130 e. The number of fused-ring (bicyclic) bond motifs is 3. The summed E-state index contributed by atoms with van der Waals surface area (Å²) in [6.07, 6.45) is 8.80. The lowest BCUT2D eigenvalue weighted by Crippen LogP contribution is -2.26. The van der Waals surface area contributed by atoms with Gasteiger partial charge in [0.15, 0.2) is 0 Å². The highest BCUT2D eigenvalue weighted by atomic mass is 35.5. The van der Waals surface area contributed by atoms with Gasteiger partial charge in [-0.3, -0.25) is 4.98 Å². The van der Waals surface area contributed by atoms with Crippen LogP contribution in [0.2, 0.25) is 5.02 Å². The van der Waals surface area contributed by atoms with E-state index in [2.05, 4.69) is 11.9 Å². The first-order chi connectivity index (χ1) is 14.5. The van der Waals surface area contributed by atoms with Gasteiger partial charge < -0.3 is 9.84 Å². The molecule has 3 aromatic rings. The number of nitrogens with zero attached hydrogens (tertiary/aromatic N) is 1. The summed E-state index contributed by atoms with van der Waals surface area (Å²) in [5, 5.41) is 11.1. The van der Waals surface area contributed by atoms with Crippen molar-refractivity contribution in [3.63, 3.8) is 0 Å². The third-order valence-corrected chi connectivity index (χ3v) is 8.28. The number of aliphatic hydroxyl groups excluding tert-OH is 1. The normalized spacial score (nSPS) is 24.3. The number of rotatable bonds is 5. The highest BCUT2D eigenvalue weighted by Crippen LogP contribution is 2.46. The molecule has 2 saturated carbocycles. The maximum Gasteiger partial charge on any atom is 0.130 e. The lowest BCUT2D eigenvalue weighted by molar-refractivity contribution is 0.118. The summed E-state index contributed by atoms with van der Waals surface area (Å²) in [5.74, 6) is 2.60. The molecule has 1 N–H and O–H groups in total. The van der Waals surface area contributed by atoms with Crippen molar-refractivity contribution in [3.8, 4) is 16.9 Å². The minimum Gasteiger partial charge on any atom is -0.489 e. The van der Waals surface area contributed by atoms with Crippen LogP contribution in [0.1, 0.15) is 62.0 Å². The standard InChI is InChI=1S/C25H28ClNO2S/c1-3-22(28)23-13-21-25(30-23)19(6-7-27-21)20-12-17(26)8-14(2)24(20)29-18-10-15-4-5-16(9-15)11-18/h6-8,12-13,15-16,18,22,28H,3-5,9-11H2,1-2H3/t15-,16+,18?,22?. The molecule has 0 saturated heterocycles. The number of aromatic nitrogens is 1. The molecule has 0 amide bonds. The fraction of sp³-hybridized carbons (Fsp3) is 0.480. The monoisotopic (exact) mass is 441 g/mol. The summed E-state index contributed by atoms with van der Waals surface area (Å²) in [6.45, 7) is 4.08. The predicted molar refractivity (Wildman–Crippen MR) is 125 cm³/mol. The molecule has 2 aliphatic rings. The molecule has 3 nitrogen and oxygen atoms in total. The van der Waals surface area contributed by atoms with Crippen LogP contribution in [0.5, 0.6) is 5.75 Å². The van der Waals surface area contributed by atoms with Crippen LogP contribution in [0.3, 0.4) is 0 Å². The molecule has 2 heterocycles. The number of thiophene rings is 1. The van der Waals surface area contributed by atoms with Gasteiger partial charge in [-0.15, -0.1) is 11.3 Å². The number of hydrogen-bond donors (Lipinski definition) is 1. The summed E-state index contributed by atoms with van der Waals surface area (Å²) in [7, 11) is 0. The third-order valence-electron chi connectivity index (χ3n) is 6.80. The molecule has 5 heteroatoms. The van der Waals surface area contributed by atoms with Crippen molar-refractivity contribution in [1.82, 2.24) is 4.98 Å². The molecule has 158 valence electrons. The van der Waals surface area contributed by atoms with Gasteiger partial charge in [-0.05, 0) is 74.3 Å². The Bertz CT molecular complexity index is 1070. The molecule has 2 aromatic heterocycles. The molecule has 4 atom stereocenters. The highest BCUT2D eigenvalue weighted by molar-refractivity contribution is 7.19. The SMILES string of the molecule is CCC(O)c1cc2nccc(-c3cc(Cl)cc(C)c3OC3C[C@H]4CC[C@@H](C3)C4)c2s1. The number of halogens is 1. The zero-order valence-corrected chi connectivity index (χ0v) is 19.1. The van der Waals surface area contributed by atoms with Crippen molar-refractivity contribution < 1.29 is 9.84 Å². The lowest BCUT2D eigenvalue weighted by atomic mass is 9.87. The largest absolute Gasteiger partial charge is 0.489 e. The van der Waals surface area contributed by atoms with Crippen molar-refractivity contribution in [1.29, 1.82) is 0 Å². The molecule has 2 fully saturated rings. The zero-order chi connectivity index (χ0) is 20.8. The molecule has 0 aliphatic heterocycles. The number of benzene rings is 1. The van der Waals surface area contributed by atoms with Gasteiger partial charge in [0.2, 0.25) is 0 Å². The molecular weight excluding hydrogens is 414 g/mol. The first-order valence-corrected chi connectivity index (χ1v) is 12.2. The quantitative estimate of drug-likeness (QED) is 0.450. The van der Waals surface area contributed by atoms with Gasteiger partial charge in [0.25, 0.3) is 0 Å². The molecule has 1 aromatic carbocycles. The van der Waals surface area contributed by atoms with Crippen LogP contribution >= 0.6 is 22.9 Å². The van der Waals surface area contributed by atoms with E-state index in [0.29, 0.717) is 11.4 Å². The second kappa shape index (κ2) is 8.14. The van der Waals surface area contributed by atoms with Gasteiger partial charge in [0.05, 0.1) is 22.4 Å². The minimum atomic E-state index is -0.452. The van der Waals surface area contributed by atoms with Gasteiger partial charge in [0, 0.05) is 27.2 Å². The second-order valence-corrected chi connectivity index (χ2v) is 10.5. The number of aryl methyl sites for hydroxylation is 1. The number of aliphatic hydroxyl groups is 1. The third kappa shape index (κ3) is 3.74. The lowest BCUT2D eigenvalue weighted by Gasteiger charge is -2.30. The van der Waals surface area contributed by atoms with Crippen molar-refractivity contribution in [2.75, 3.05) is 0 Å². The summed E-state index contributed by atoms with van der Waals surface area (Å²) in [4.78, 5) is 5.50. The van der Waals surface area contributed by atoms with Crippen LogP contribution < -0.4 is 4.74 Å². The van der Waals surface area contributed by atoms with E-state index in [1.54, 1.807) is 11.3 Å². The number of pyridine rings is 1. The number of hydrogen-bond acceptors (Lipinski definition) is 4. The van der Waals surface area contributed by atoms with Crippen molar-refractivity contribution in [3.05, 3.63) is 45.9 Å². The van der Waals surface area contributed by atoms with Crippen LogP contribution in [0.4, 0.5) is 0 Å². The average molecular weight is 442 g/mol. The average Bonchev–Trinajstić information content (AvgIpc) is 3.32. The van der Waals surface area contributed by atoms with E-state index in [-0.39, 0.29) is 6.10 Å². The first-order valence-electron chi connectivity index (χ1n) is 11.1. The summed E-state index contributed by atoms with van der Waals surface area (Å²) < 4.78 is 7.79. The molecule has 5 rings (SSSR count). The molecule has 0 spiro atoms. The van der Waals surface area contributed by atoms with Crippen molar-refractivity contribution >= 4 is 33.2 Å². The van der Waals surface area contributed by atoms with Crippen molar-refractivity contribution in [2.45, 2.75) is 64.6 Å². The van der Waals surface area contributed by atoms with Crippen LogP contribution in [0, 0.1) is 18.8 Å². The Morgan fingerprint density at radius 1 is 1.17 bits per heavy atom. The first kappa shape index (κ1) is 20.3.